The third-order valence-corrected chi connectivity index (χ3v) is 3.83. The lowest BCUT2D eigenvalue weighted by Gasteiger charge is -2.09. The maximum absolute atomic E-state index is 9.25. The van der Waals surface area contributed by atoms with Crippen LogP contribution in [0.1, 0.15) is 16.8 Å². The molecule has 0 unspecified atom stereocenters. The summed E-state index contributed by atoms with van der Waals surface area (Å²) in [5.41, 5.74) is 5.06. The Morgan fingerprint density at radius 3 is 2.36 bits per heavy atom. The third-order valence-electron chi connectivity index (χ3n) is 3.47. The molecule has 0 aliphatic heterocycles. The van der Waals surface area contributed by atoms with E-state index in [-0.39, 0.29) is 5.69 Å². The normalized spacial score (nSPS) is 10.5. The highest BCUT2D eigenvalue weighted by Gasteiger charge is 2.19. The molecule has 0 bridgehead atoms. The first-order valence-electron chi connectivity index (χ1n) is 6.93. The molecule has 0 amide bonds. The zero-order valence-corrected chi connectivity index (χ0v) is 13.1. The molecule has 3 rings (SSSR count). The second-order valence-corrected chi connectivity index (χ2v) is 5.62. The van der Waals surface area contributed by atoms with Gasteiger partial charge in [0.05, 0.1) is 11.4 Å². The van der Waals surface area contributed by atoms with Gasteiger partial charge >= 0.3 is 0 Å². The predicted molar refractivity (Wildman–Crippen MR) is 88.2 cm³/mol. The molecule has 0 saturated heterocycles. The molecule has 0 saturated carbocycles. The van der Waals surface area contributed by atoms with Crippen LogP contribution < -0.4 is 0 Å². The Labute approximate surface area is 134 Å². The molecule has 0 radical (unpaired) electrons. The highest BCUT2D eigenvalue weighted by molar-refractivity contribution is 6.34. The topological polar surface area (TPSA) is 41.6 Å². The van der Waals surface area contributed by atoms with Gasteiger partial charge in [0, 0.05) is 5.56 Å². The van der Waals surface area contributed by atoms with Crippen molar-refractivity contribution in [1.29, 1.82) is 5.26 Å². The van der Waals surface area contributed by atoms with Crippen molar-refractivity contribution in [2.75, 3.05) is 0 Å². The van der Waals surface area contributed by atoms with Crippen LogP contribution >= 0.6 is 11.6 Å². The van der Waals surface area contributed by atoms with Crippen LogP contribution in [-0.2, 0) is 0 Å². The minimum absolute atomic E-state index is 0.236. The Balaban J connectivity index is 2.29. The Kier molecular flexibility index (Phi) is 3.70. The summed E-state index contributed by atoms with van der Waals surface area (Å²) in [4.78, 5) is 0. The standard InChI is InChI=1S/C18H14ClN3/c1-12-5-3-7-14(9-12)18-17(19)16(11-20)21-22(18)15-8-4-6-13(2)10-15/h3-10H,1-2H3. The number of hydrogen-bond acceptors (Lipinski definition) is 2. The summed E-state index contributed by atoms with van der Waals surface area (Å²) in [5, 5.41) is 14.0. The maximum atomic E-state index is 9.25. The third kappa shape index (κ3) is 2.49. The summed E-state index contributed by atoms with van der Waals surface area (Å²) in [7, 11) is 0. The van der Waals surface area contributed by atoms with Crippen molar-refractivity contribution < 1.29 is 0 Å². The van der Waals surface area contributed by atoms with Crippen LogP contribution in [-0.4, -0.2) is 9.78 Å². The van der Waals surface area contributed by atoms with Gasteiger partial charge in [0.1, 0.15) is 11.1 Å². The van der Waals surface area contributed by atoms with Gasteiger partial charge in [-0.2, -0.15) is 10.4 Å². The van der Waals surface area contributed by atoms with Crippen LogP contribution in [0.3, 0.4) is 0 Å². The van der Waals surface area contributed by atoms with E-state index >= 15 is 0 Å². The maximum Gasteiger partial charge on any atom is 0.182 e. The smallest absolute Gasteiger partial charge is 0.182 e. The number of halogens is 1. The molecule has 0 aliphatic rings. The number of hydrogen-bond donors (Lipinski definition) is 0. The molecule has 0 fully saturated rings. The lowest BCUT2D eigenvalue weighted by molar-refractivity contribution is 0.879. The first-order valence-corrected chi connectivity index (χ1v) is 7.30. The molecule has 0 aliphatic carbocycles. The van der Waals surface area contributed by atoms with Gasteiger partial charge in [0.15, 0.2) is 5.69 Å². The van der Waals surface area contributed by atoms with Gasteiger partial charge < -0.3 is 0 Å². The van der Waals surface area contributed by atoms with Gasteiger partial charge in [-0.1, -0.05) is 47.5 Å². The molecule has 22 heavy (non-hydrogen) atoms. The summed E-state index contributed by atoms with van der Waals surface area (Å²) >= 11 is 6.40. The van der Waals surface area contributed by atoms with Crippen molar-refractivity contribution in [3.63, 3.8) is 0 Å². The fraction of sp³-hybridized carbons (Fsp3) is 0.111. The van der Waals surface area contributed by atoms with Gasteiger partial charge in [-0.15, -0.1) is 0 Å². The van der Waals surface area contributed by atoms with E-state index in [2.05, 4.69) is 11.2 Å². The minimum Gasteiger partial charge on any atom is -0.230 e. The largest absolute Gasteiger partial charge is 0.230 e. The van der Waals surface area contributed by atoms with Crippen LogP contribution in [0, 0.1) is 25.2 Å². The SMILES string of the molecule is Cc1cccc(-c2c(Cl)c(C#N)nn2-c2cccc(C)c2)c1. The van der Waals surface area contributed by atoms with Gasteiger partial charge in [0.25, 0.3) is 0 Å². The number of nitrogens with zero attached hydrogens (tertiary/aromatic N) is 3. The fourth-order valence-corrected chi connectivity index (χ4v) is 2.73. The number of nitriles is 1. The summed E-state index contributed by atoms with van der Waals surface area (Å²) in [5.74, 6) is 0. The second kappa shape index (κ2) is 5.67. The monoisotopic (exact) mass is 307 g/mol. The molecule has 0 atom stereocenters. The van der Waals surface area contributed by atoms with E-state index in [1.165, 1.54) is 0 Å². The van der Waals surface area contributed by atoms with Crippen LogP contribution in [0.5, 0.6) is 0 Å². The molecule has 1 aromatic heterocycles. The first-order chi connectivity index (χ1) is 10.6. The van der Waals surface area contributed by atoms with E-state index in [9.17, 15) is 5.26 Å². The lowest BCUT2D eigenvalue weighted by Crippen LogP contribution is -2.00. The first kappa shape index (κ1) is 14.4. The molecule has 0 N–H and O–H groups in total. The quantitative estimate of drug-likeness (QED) is 0.689. The summed E-state index contributed by atoms with van der Waals surface area (Å²) in [6.07, 6.45) is 0. The van der Waals surface area contributed by atoms with Gasteiger partial charge in [-0.3, -0.25) is 0 Å². The Bertz CT molecular complexity index is 888. The molecule has 0 spiro atoms. The average Bonchev–Trinajstić information content (AvgIpc) is 2.84. The molecule has 1 heterocycles. The zero-order chi connectivity index (χ0) is 15.7. The predicted octanol–water partition coefficient (Wildman–Crippen LogP) is 4.68. The van der Waals surface area contributed by atoms with Crippen molar-refractivity contribution in [1.82, 2.24) is 9.78 Å². The van der Waals surface area contributed by atoms with Crippen molar-refractivity contribution in [2.45, 2.75) is 13.8 Å². The Morgan fingerprint density at radius 2 is 1.73 bits per heavy atom. The molecule has 3 aromatic rings. The zero-order valence-electron chi connectivity index (χ0n) is 12.3. The van der Waals surface area contributed by atoms with Crippen LogP contribution in [0.4, 0.5) is 0 Å². The van der Waals surface area contributed by atoms with E-state index in [1.807, 2.05) is 62.4 Å². The van der Waals surface area contributed by atoms with E-state index in [1.54, 1.807) is 4.68 Å². The van der Waals surface area contributed by atoms with Crippen LogP contribution in [0.15, 0.2) is 48.5 Å². The number of benzene rings is 2. The Morgan fingerprint density at radius 1 is 1.05 bits per heavy atom. The number of rotatable bonds is 2. The van der Waals surface area contributed by atoms with E-state index in [0.29, 0.717) is 5.02 Å². The summed E-state index contributed by atoms with van der Waals surface area (Å²) in [6, 6.07) is 18.0. The highest BCUT2D eigenvalue weighted by Crippen LogP contribution is 2.33. The van der Waals surface area contributed by atoms with Crippen LogP contribution in [0.25, 0.3) is 16.9 Å². The van der Waals surface area contributed by atoms with Gasteiger partial charge in [-0.25, -0.2) is 4.68 Å². The number of aromatic nitrogens is 2. The fourth-order valence-electron chi connectivity index (χ4n) is 2.46. The van der Waals surface area contributed by atoms with Crippen molar-refractivity contribution in [3.8, 4) is 23.0 Å². The molecule has 4 heteroatoms. The highest BCUT2D eigenvalue weighted by atomic mass is 35.5. The van der Waals surface area contributed by atoms with Crippen molar-refractivity contribution in [2.24, 2.45) is 0 Å². The molecule has 3 nitrogen and oxygen atoms in total. The molecular weight excluding hydrogens is 294 g/mol. The van der Waals surface area contributed by atoms with E-state index < -0.39 is 0 Å². The van der Waals surface area contributed by atoms with Gasteiger partial charge in [0.2, 0.25) is 0 Å². The molecular formula is C18H14ClN3. The van der Waals surface area contributed by atoms with Gasteiger partial charge in [-0.05, 0) is 37.6 Å². The molecule has 108 valence electrons. The summed E-state index contributed by atoms with van der Waals surface area (Å²) < 4.78 is 1.74. The van der Waals surface area contributed by atoms with Crippen LogP contribution in [0.2, 0.25) is 5.02 Å². The van der Waals surface area contributed by atoms with E-state index in [4.69, 9.17) is 11.6 Å². The van der Waals surface area contributed by atoms with Crippen molar-refractivity contribution in [3.05, 3.63) is 70.4 Å². The molecule has 2 aromatic carbocycles. The second-order valence-electron chi connectivity index (χ2n) is 5.24. The number of aryl methyl sites for hydroxylation is 2. The van der Waals surface area contributed by atoms with E-state index in [0.717, 1.165) is 28.1 Å². The average molecular weight is 308 g/mol. The Hall–Kier alpha value is -2.57. The summed E-state index contributed by atoms with van der Waals surface area (Å²) in [6.45, 7) is 4.04. The lowest BCUT2D eigenvalue weighted by atomic mass is 10.1. The van der Waals surface area contributed by atoms with Crippen molar-refractivity contribution >= 4 is 11.6 Å². The minimum atomic E-state index is 0.236.